The third kappa shape index (κ3) is 5.30. The summed E-state index contributed by atoms with van der Waals surface area (Å²) < 4.78 is 0. The zero-order valence-corrected chi connectivity index (χ0v) is 17.2. The van der Waals surface area contributed by atoms with Crippen molar-refractivity contribution in [3.63, 3.8) is 0 Å². The van der Waals surface area contributed by atoms with Gasteiger partial charge in [0.15, 0.2) is 5.11 Å². The Bertz CT molecular complexity index is 569. The summed E-state index contributed by atoms with van der Waals surface area (Å²) >= 11 is 5.42. The summed E-state index contributed by atoms with van der Waals surface area (Å²) in [6.45, 7) is 14.0. The van der Waals surface area contributed by atoms with Gasteiger partial charge in [-0.25, -0.2) is 0 Å². The van der Waals surface area contributed by atoms with Crippen LogP contribution in [0, 0.1) is 5.41 Å². The normalized spacial score (nSPS) is 21.2. The van der Waals surface area contributed by atoms with Crippen molar-refractivity contribution in [1.29, 1.82) is 0 Å². The van der Waals surface area contributed by atoms with E-state index in [1.54, 1.807) is 6.08 Å². The number of amides is 1. The van der Waals surface area contributed by atoms with E-state index >= 15 is 0 Å². The number of hydrogen-bond acceptors (Lipinski definition) is 2. The zero-order valence-electron chi connectivity index (χ0n) is 16.4. The molecular formula is C20H33N3OS. The maximum absolute atomic E-state index is 12.6. The van der Waals surface area contributed by atoms with Gasteiger partial charge in [-0.2, -0.15) is 0 Å². The van der Waals surface area contributed by atoms with E-state index in [2.05, 4.69) is 50.9 Å². The minimum absolute atomic E-state index is 0.115. The molecule has 1 aliphatic carbocycles. The van der Waals surface area contributed by atoms with Gasteiger partial charge >= 0.3 is 0 Å². The molecule has 0 spiro atoms. The molecule has 2 rings (SSSR count). The molecule has 0 bridgehead atoms. The zero-order chi connectivity index (χ0) is 18.6. The van der Waals surface area contributed by atoms with Crippen LogP contribution in [0.2, 0.25) is 0 Å². The first-order valence-corrected chi connectivity index (χ1v) is 9.84. The van der Waals surface area contributed by atoms with Gasteiger partial charge in [-0.05, 0) is 63.2 Å². The van der Waals surface area contributed by atoms with E-state index in [4.69, 9.17) is 12.2 Å². The fourth-order valence-corrected chi connectivity index (χ4v) is 4.16. The topological polar surface area (TPSA) is 35.6 Å². The van der Waals surface area contributed by atoms with E-state index in [1.807, 2.05) is 4.90 Å². The number of thiocarbonyl (C=S) groups is 1. The molecule has 140 valence electrons. The molecule has 0 atom stereocenters. The molecule has 0 aromatic heterocycles. The number of rotatable bonds is 3. The Morgan fingerprint density at radius 3 is 2.36 bits per heavy atom. The molecule has 0 radical (unpaired) electrons. The van der Waals surface area contributed by atoms with Gasteiger partial charge in [0.2, 0.25) is 5.91 Å². The maximum atomic E-state index is 12.6. The first kappa shape index (κ1) is 20.0. The van der Waals surface area contributed by atoms with Crippen molar-refractivity contribution < 1.29 is 4.79 Å². The van der Waals surface area contributed by atoms with Gasteiger partial charge in [-0.15, -0.1) is 0 Å². The Labute approximate surface area is 158 Å². The Balaban J connectivity index is 1.92. The third-order valence-corrected chi connectivity index (χ3v) is 5.60. The van der Waals surface area contributed by atoms with E-state index < -0.39 is 0 Å². The van der Waals surface area contributed by atoms with Crippen LogP contribution in [-0.2, 0) is 4.79 Å². The third-order valence-electron chi connectivity index (χ3n) is 5.23. The summed E-state index contributed by atoms with van der Waals surface area (Å²) in [7, 11) is 0. The predicted octanol–water partition coefficient (Wildman–Crippen LogP) is 3.50. The monoisotopic (exact) mass is 363 g/mol. The molecule has 0 aromatic carbocycles. The second-order valence-electron chi connectivity index (χ2n) is 8.18. The highest BCUT2D eigenvalue weighted by molar-refractivity contribution is 7.80. The molecule has 0 saturated carbocycles. The van der Waals surface area contributed by atoms with Crippen molar-refractivity contribution in [3.8, 4) is 0 Å². The van der Waals surface area contributed by atoms with Gasteiger partial charge in [0, 0.05) is 38.3 Å². The summed E-state index contributed by atoms with van der Waals surface area (Å²) in [5, 5.41) is 4.07. The fourth-order valence-electron chi connectivity index (χ4n) is 3.74. The van der Waals surface area contributed by atoms with E-state index in [1.165, 1.54) is 24.0 Å². The van der Waals surface area contributed by atoms with Crippen LogP contribution in [0.5, 0.6) is 0 Å². The van der Waals surface area contributed by atoms with Gasteiger partial charge in [0.25, 0.3) is 0 Å². The summed E-state index contributed by atoms with van der Waals surface area (Å²) in [5.74, 6) is 0.115. The van der Waals surface area contributed by atoms with Crippen LogP contribution in [0.25, 0.3) is 0 Å². The van der Waals surface area contributed by atoms with Gasteiger partial charge in [0.05, 0.1) is 0 Å². The SMILES string of the molecule is CC1=C(/C=C/C(=O)N2CCN(C(=S)NC(C)C)CC2)C(C)(C)CCC1. The van der Waals surface area contributed by atoms with E-state index in [0.29, 0.717) is 6.04 Å². The smallest absolute Gasteiger partial charge is 0.246 e. The Hall–Kier alpha value is -1.36. The molecule has 1 saturated heterocycles. The van der Waals surface area contributed by atoms with Gasteiger partial charge in [-0.1, -0.05) is 25.5 Å². The minimum Gasteiger partial charge on any atom is -0.360 e. The van der Waals surface area contributed by atoms with Crippen molar-refractivity contribution in [2.24, 2.45) is 5.41 Å². The number of piperazine rings is 1. The molecule has 1 heterocycles. The van der Waals surface area contributed by atoms with Crippen LogP contribution in [0.1, 0.15) is 53.9 Å². The lowest BCUT2D eigenvalue weighted by molar-refractivity contribution is -0.127. The molecule has 0 unspecified atom stereocenters. The number of carbonyl (C=O) groups excluding carboxylic acids is 1. The first-order valence-electron chi connectivity index (χ1n) is 9.43. The number of nitrogens with zero attached hydrogens (tertiary/aromatic N) is 2. The Kier molecular flexibility index (Phi) is 6.66. The molecular weight excluding hydrogens is 330 g/mol. The van der Waals surface area contributed by atoms with E-state index in [0.717, 1.165) is 37.7 Å². The lowest BCUT2D eigenvalue weighted by atomic mass is 9.72. The lowest BCUT2D eigenvalue weighted by Crippen LogP contribution is -2.53. The van der Waals surface area contributed by atoms with Crippen LogP contribution >= 0.6 is 12.2 Å². The van der Waals surface area contributed by atoms with Crippen LogP contribution < -0.4 is 5.32 Å². The maximum Gasteiger partial charge on any atom is 0.246 e. The molecule has 2 aliphatic rings. The second-order valence-corrected chi connectivity index (χ2v) is 8.57. The van der Waals surface area contributed by atoms with Gasteiger partial charge < -0.3 is 15.1 Å². The van der Waals surface area contributed by atoms with Crippen LogP contribution in [0.15, 0.2) is 23.3 Å². The molecule has 4 nitrogen and oxygen atoms in total. The van der Waals surface area contributed by atoms with Crippen LogP contribution in [-0.4, -0.2) is 53.0 Å². The summed E-state index contributed by atoms with van der Waals surface area (Å²) in [5.41, 5.74) is 2.94. The standard InChI is InChI=1S/C20H33N3OS/c1-15(2)21-19(25)23-13-11-22(12-14-23)18(24)9-8-17-16(3)7-6-10-20(17,4)5/h8-9,15H,6-7,10-14H2,1-5H3,(H,21,25)/b9-8+. The number of hydrogen-bond donors (Lipinski definition) is 1. The average molecular weight is 364 g/mol. The second kappa shape index (κ2) is 8.35. The van der Waals surface area contributed by atoms with Crippen molar-refractivity contribution in [1.82, 2.24) is 15.1 Å². The Morgan fingerprint density at radius 1 is 1.20 bits per heavy atom. The largest absolute Gasteiger partial charge is 0.360 e. The van der Waals surface area contributed by atoms with Crippen molar-refractivity contribution in [2.45, 2.75) is 59.9 Å². The molecule has 1 N–H and O–H groups in total. The van der Waals surface area contributed by atoms with Crippen LogP contribution in [0.3, 0.4) is 0 Å². The first-order chi connectivity index (χ1) is 11.7. The average Bonchev–Trinajstić information content (AvgIpc) is 2.53. The molecule has 5 heteroatoms. The molecule has 1 aliphatic heterocycles. The lowest BCUT2D eigenvalue weighted by Gasteiger charge is -2.36. The number of allylic oxidation sites excluding steroid dienone is 3. The summed E-state index contributed by atoms with van der Waals surface area (Å²) in [6, 6.07) is 0.338. The van der Waals surface area contributed by atoms with Gasteiger partial charge in [-0.3, -0.25) is 4.79 Å². The predicted molar refractivity (Wildman–Crippen MR) is 108 cm³/mol. The molecule has 0 aromatic rings. The van der Waals surface area contributed by atoms with Gasteiger partial charge in [0.1, 0.15) is 0 Å². The van der Waals surface area contributed by atoms with Crippen molar-refractivity contribution in [2.75, 3.05) is 26.2 Å². The molecule has 25 heavy (non-hydrogen) atoms. The molecule has 1 fully saturated rings. The van der Waals surface area contributed by atoms with Crippen molar-refractivity contribution in [3.05, 3.63) is 23.3 Å². The van der Waals surface area contributed by atoms with Crippen LogP contribution in [0.4, 0.5) is 0 Å². The number of nitrogens with one attached hydrogen (secondary N) is 1. The number of carbonyl (C=O) groups is 1. The Morgan fingerprint density at radius 2 is 1.80 bits per heavy atom. The minimum atomic E-state index is 0.115. The van der Waals surface area contributed by atoms with Crippen molar-refractivity contribution >= 4 is 23.2 Å². The highest BCUT2D eigenvalue weighted by Crippen LogP contribution is 2.40. The quantitative estimate of drug-likeness (QED) is 0.615. The highest BCUT2D eigenvalue weighted by Gasteiger charge is 2.27. The summed E-state index contributed by atoms with van der Waals surface area (Å²) in [6.07, 6.45) is 7.42. The van der Waals surface area contributed by atoms with E-state index in [9.17, 15) is 4.79 Å². The summed E-state index contributed by atoms with van der Waals surface area (Å²) in [4.78, 5) is 16.6. The highest BCUT2D eigenvalue weighted by atomic mass is 32.1. The fraction of sp³-hybridized carbons (Fsp3) is 0.700. The van der Waals surface area contributed by atoms with E-state index in [-0.39, 0.29) is 11.3 Å². The molecule has 1 amide bonds.